The van der Waals surface area contributed by atoms with Gasteiger partial charge in [0.2, 0.25) is 17.7 Å². The number of rotatable bonds is 5. The van der Waals surface area contributed by atoms with Crippen molar-refractivity contribution in [1.29, 1.82) is 0 Å². The maximum atomic E-state index is 13.6. The zero-order valence-corrected chi connectivity index (χ0v) is 24.1. The molecule has 0 spiro atoms. The number of pyridine rings is 1. The van der Waals surface area contributed by atoms with Crippen molar-refractivity contribution in [2.45, 2.75) is 51.0 Å². The van der Waals surface area contributed by atoms with Crippen LogP contribution in [0.15, 0.2) is 54.9 Å². The lowest BCUT2D eigenvalue weighted by molar-refractivity contribution is -0.148. The normalized spacial score (nSPS) is 24.3. The summed E-state index contributed by atoms with van der Waals surface area (Å²) in [5.74, 6) is -2.16. The molecule has 224 valence electrons. The molecule has 2 aliphatic heterocycles. The highest BCUT2D eigenvalue weighted by atomic mass is 16.5. The van der Waals surface area contributed by atoms with Crippen LogP contribution in [0.5, 0.6) is 0 Å². The lowest BCUT2D eigenvalue weighted by Crippen LogP contribution is -2.59. The Labute approximate surface area is 245 Å². The Bertz CT molecular complexity index is 1270. The van der Waals surface area contributed by atoms with Crippen LogP contribution in [-0.2, 0) is 30.3 Å². The van der Waals surface area contributed by atoms with Gasteiger partial charge in [0, 0.05) is 44.5 Å². The van der Waals surface area contributed by atoms with Crippen molar-refractivity contribution in [2.75, 3.05) is 33.2 Å². The monoisotopic (exact) mass is 578 g/mol. The van der Waals surface area contributed by atoms with Crippen molar-refractivity contribution in [2.24, 2.45) is 5.92 Å². The third-order valence-electron chi connectivity index (χ3n) is 7.19. The summed E-state index contributed by atoms with van der Waals surface area (Å²) in [6.45, 7) is 3.68. The number of aromatic nitrogens is 1. The summed E-state index contributed by atoms with van der Waals surface area (Å²) in [6.07, 6.45) is 1.78. The van der Waals surface area contributed by atoms with E-state index in [4.69, 9.17) is 4.74 Å². The van der Waals surface area contributed by atoms with E-state index in [0.29, 0.717) is 12.0 Å². The summed E-state index contributed by atoms with van der Waals surface area (Å²) in [4.78, 5) is 73.3. The molecular weight excluding hydrogens is 540 g/mol. The van der Waals surface area contributed by atoms with Crippen molar-refractivity contribution in [3.8, 4) is 0 Å². The Morgan fingerprint density at radius 3 is 2.38 bits per heavy atom. The molecule has 0 aliphatic carbocycles. The summed E-state index contributed by atoms with van der Waals surface area (Å²) in [5.41, 5.74) is 1.22. The molecule has 2 bridgehead atoms. The summed E-state index contributed by atoms with van der Waals surface area (Å²) in [6, 6.07) is 10.6. The van der Waals surface area contributed by atoms with E-state index < -0.39 is 47.9 Å². The molecule has 1 aromatic heterocycles. The maximum Gasteiger partial charge on any atom is 0.254 e. The van der Waals surface area contributed by atoms with Crippen LogP contribution in [0, 0.1) is 5.92 Å². The number of nitrogens with one attached hydrogen (secondary N) is 3. The number of fused-ring (bicyclic) bond motifs is 2. The zero-order chi connectivity index (χ0) is 30.2. The van der Waals surface area contributed by atoms with Gasteiger partial charge in [-0.2, -0.15) is 0 Å². The fraction of sp³-hybridized carbons (Fsp3) is 0.467. The minimum atomic E-state index is -1.10. The summed E-state index contributed by atoms with van der Waals surface area (Å²) in [5, 5.41) is 8.38. The Morgan fingerprint density at radius 2 is 1.69 bits per heavy atom. The van der Waals surface area contributed by atoms with Crippen LogP contribution >= 0.6 is 0 Å². The number of nitrogens with zero attached hydrogens (tertiary/aromatic N) is 3. The first-order valence-corrected chi connectivity index (χ1v) is 14.1. The van der Waals surface area contributed by atoms with Crippen molar-refractivity contribution >= 4 is 29.5 Å². The average Bonchev–Trinajstić information content (AvgIpc) is 2.98. The molecule has 0 saturated carbocycles. The van der Waals surface area contributed by atoms with E-state index >= 15 is 0 Å². The number of hydrogen-bond acceptors (Lipinski definition) is 7. The van der Waals surface area contributed by atoms with Gasteiger partial charge in [-0.3, -0.25) is 29.0 Å². The number of amides is 5. The first-order chi connectivity index (χ1) is 20.1. The molecule has 2 saturated heterocycles. The first-order valence-electron chi connectivity index (χ1n) is 14.1. The number of benzene rings is 1. The molecule has 12 nitrogen and oxygen atoms in total. The Balaban J connectivity index is 1.65. The second-order valence-electron chi connectivity index (χ2n) is 11.1. The van der Waals surface area contributed by atoms with E-state index in [-0.39, 0.29) is 44.4 Å². The van der Waals surface area contributed by atoms with Crippen molar-refractivity contribution in [1.82, 2.24) is 30.7 Å². The maximum absolute atomic E-state index is 13.6. The van der Waals surface area contributed by atoms with E-state index in [2.05, 4.69) is 20.9 Å². The summed E-state index contributed by atoms with van der Waals surface area (Å²) >= 11 is 0. The van der Waals surface area contributed by atoms with Crippen LogP contribution in [0.25, 0.3) is 0 Å². The number of carbonyl (C=O) groups is 5. The molecule has 4 atom stereocenters. The standard InChI is InChI=1S/C30H38N6O6/c1-19(2)13-23-27(38)32-15-22-16-36(29(40)21-9-11-31-12-10-21)17-25(42-22)28(39)34-24(14-20-7-5-4-6-8-20)30(41)35(3)18-26(37)33-23/h4-12,19,22-25H,13-18H2,1-3H3,(H,32,38)(H,33,37)(H,34,39)/t22-,23+,24-,25-/m1/s1. The Hall–Kier alpha value is -4.32. The van der Waals surface area contributed by atoms with Crippen LogP contribution in [0.4, 0.5) is 0 Å². The van der Waals surface area contributed by atoms with Gasteiger partial charge in [0.1, 0.15) is 12.1 Å². The number of morpholine rings is 1. The molecule has 12 heteroatoms. The summed E-state index contributed by atoms with van der Waals surface area (Å²) < 4.78 is 6.09. The third-order valence-corrected chi connectivity index (χ3v) is 7.19. The lowest BCUT2D eigenvalue weighted by atomic mass is 10.0. The van der Waals surface area contributed by atoms with Gasteiger partial charge in [-0.25, -0.2) is 0 Å². The molecule has 1 aromatic carbocycles. The van der Waals surface area contributed by atoms with E-state index in [9.17, 15) is 24.0 Å². The van der Waals surface area contributed by atoms with Gasteiger partial charge in [0.25, 0.3) is 11.8 Å². The van der Waals surface area contributed by atoms with Gasteiger partial charge in [0.05, 0.1) is 19.2 Å². The van der Waals surface area contributed by atoms with Crippen LogP contribution < -0.4 is 16.0 Å². The second-order valence-corrected chi connectivity index (χ2v) is 11.1. The molecule has 3 N–H and O–H groups in total. The van der Waals surface area contributed by atoms with Gasteiger partial charge >= 0.3 is 0 Å². The topological polar surface area (TPSA) is 150 Å². The van der Waals surface area contributed by atoms with Gasteiger partial charge in [0.15, 0.2) is 6.10 Å². The third kappa shape index (κ3) is 8.12. The molecular formula is C30H38N6O6. The van der Waals surface area contributed by atoms with Gasteiger partial charge < -0.3 is 30.5 Å². The van der Waals surface area contributed by atoms with Crippen LogP contribution in [0.2, 0.25) is 0 Å². The number of carbonyl (C=O) groups excluding carboxylic acids is 5. The predicted molar refractivity (Wildman–Crippen MR) is 153 cm³/mol. The van der Waals surface area contributed by atoms with Crippen molar-refractivity contribution in [3.63, 3.8) is 0 Å². The smallest absolute Gasteiger partial charge is 0.254 e. The highest BCUT2D eigenvalue weighted by molar-refractivity contribution is 5.96. The summed E-state index contributed by atoms with van der Waals surface area (Å²) in [7, 11) is 1.48. The number of likely N-dealkylation sites (N-methyl/N-ethyl adjacent to an activating group) is 1. The first kappa shape index (κ1) is 30.6. The van der Waals surface area contributed by atoms with Crippen molar-refractivity contribution < 1.29 is 28.7 Å². The molecule has 2 aliphatic rings. The number of hydrogen-bond donors (Lipinski definition) is 3. The van der Waals surface area contributed by atoms with Crippen molar-refractivity contribution in [3.05, 3.63) is 66.0 Å². The molecule has 5 amide bonds. The minimum absolute atomic E-state index is 0.0134. The largest absolute Gasteiger partial charge is 0.360 e. The minimum Gasteiger partial charge on any atom is -0.360 e. The predicted octanol–water partition coefficient (Wildman–Crippen LogP) is 0.138. The van der Waals surface area contributed by atoms with E-state index in [1.807, 2.05) is 44.2 Å². The van der Waals surface area contributed by atoms with Gasteiger partial charge in [-0.15, -0.1) is 0 Å². The van der Waals surface area contributed by atoms with Gasteiger partial charge in [-0.05, 0) is 30.0 Å². The quantitative estimate of drug-likeness (QED) is 0.457. The second kappa shape index (κ2) is 14.0. The van der Waals surface area contributed by atoms with Crippen LogP contribution in [-0.4, -0.2) is 102 Å². The Morgan fingerprint density at radius 1 is 0.976 bits per heavy atom. The molecule has 2 aromatic rings. The molecule has 0 radical (unpaired) electrons. The van der Waals surface area contributed by atoms with Gasteiger partial charge in [-0.1, -0.05) is 44.2 Å². The molecule has 3 heterocycles. The van der Waals surface area contributed by atoms with E-state index in [1.165, 1.54) is 29.2 Å². The highest BCUT2D eigenvalue weighted by Gasteiger charge is 2.38. The average molecular weight is 579 g/mol. The molecule has 0 unspecified atom stereocenters. The lowest BCUT2D eigenvalue weighted by Gasteiger charge is -2.38. The molecule has 2 fully saturated rings. The Kier molecular flexibility index (Phi) is 10.2. The van der Waals surface area contributed by atoms with Crippen LogP contribution in [0.3, 0.4) is 0 Å². The van der Waals surface area contributed by atoms with E-state index in [1.54, 1.807) is 12.1 Å². The fourth-order valence-electron chi connectivity index (χ4n) is 5.09. The van der Waals surface area contributed by atoms with E-state index in [0.717, 1.165) is 5.56 Å². The molecule has 42 heavy (non-hydrogen) atoms. The fourth-order valence-corrected chi connectivity index (χ4v) is 5.09. The zero-order valence-electron chi connectivity index (χ0n) is 24.1. The SMILES string of the molecule is CC(C)C[C@@H]1NC(=O)CN(C)C(=O)[C@@H](Cc2ccccc2)NC(=O)[C@H]2CN(C(=O)c3ccncc3)C[C@@H](CNC1=O)O2. The van der Waals surface area contributed by atoms with Crippen LogP contribution in [0.1, 0.15) is 36.2 Å². The molecule has 4 rings (SSSR count). The highest BCUT2D eigenvalue weighted by Crippen LogP contribution is 2.17. The number of ether oxygens (including phenoxy) is 1.